The number of benzene rings is 3. The first kappa shape index (κ1) is 19.6. The molecule has 0 unspecified atom stereocenters. The summed E-state index contributed by atoms with van der Waals surface area (Å²) in [7, 11) is 6.48. The normalized spacial score (nSPS) is 10.8. The van der Waals surface area contributed by atoms with Crippen molar-refractivity contribution in [1.29, 1.82) is 0 Å². The number of nitrogens with zero attached hydrogens (tertiary/aromatic N) is 2. The highest BCUT2D eigenvalue weighted by molar-refractivity contribution is 5.83. The van der Waals surface area contributed by atoms with Crippen molar-refractivity contribution in [2.75, 3.05) is 28.4 Å². The number of imidazole rings is 1. The van der Waals surface area contributed by atoms with Gasteiger partial charge in [-0.2, -0.15) is 0 Å². The summed E-state index contributed by atoms with van der Waals surface area (Å²) in [5.74, 6) is 3.32. The van der Waals surface area contributed by atoms with Gasteiger partial charge in [0.05, 0.1) is 39.5 Å². The van der Waals surface area contributed by atoms with Gasteiger partial charge in [0.2, 0.25) is 5.75 Å². The number of hydrogen-bond acceptors (Lipinski definition) is 5. The number of methoxy groups -OCH3 is 4. The lowest BCUT2D eigenvalue weighted by Crippen LogP contribution is -2.03. The van der Waals surface area contributed by atoms with Crippen LogP contribution in [0.5, 0.6) is 23.0 Å². The number of ether oxygens (including phenoxy) is 4. The highest BCUT2D eigenvalue weighted by Gasteiger charge is 2.19. The second kappa shape index (κ2) is 8.37. The molecule has 0 aliphatic carbocycles. The Morgan fingerprint density at radius 2 is 1.47 bits per heavy atom. The van der Waals surface area contributed by atoms with Gasteiger partial charge >= 0.3 is 0 Å². The average Bonchev–Trinajstić information content (AvgIpc) is 3.16. The van der Waals surface area contributed by atoms with Crippen LogP contribution in [0.3, 0.4) is 0 Å². The van der Waals surface area contributed by atoms with Crippen LogP contribution in [-0.4, -0.2) is 38.0 Å². The third-order valence-corrected chi connectivity index (χ3v) is 5.06. The molecule has 154 valence electrons. The van der Waals surface area contributed by atoms with Crippen molar-refractivity contribution in [2.45, 2.75) is 6.54 Å². The van der Waals surface area contributed by atoms with E-state index in [9.17, 15) is 0 Å². The zero-order valence-corrected chi connectivity index (χ0v) is 17.5. The quantitative estimate of drug-likeness (QED) is 0.443. The molecule has 0 fully saturated rings. The van der Waals surface area contributed by atoms with Gasteiger partial charge in [-0.25, -0.2) is 4.98 Å². The van der Waals surface area contributed by atoms with Gasteiger partial charge < -0.3 is 23.5 Å². The highest BCUT2D eigenvalue weighted by atomic mass is 16.5. The van der Waals surface area contributed by atoms with Crippen LogP contribution < -0.4 is 18.9 Å². The Morgan fingerprint density at radius 1 is 0.767 bits per heavy atom. The SMILES string of the molecule is COc1ccc2nc(-c3cc(OC)c(OC)c(OC)c3)n(Cc3ccccc3)c2c1. The Morgan fingerprint density at radius 3 is 2.07 bits per heavy atom. The summed E-state index contributed by atoms with van der Waals surface area (Å²) < 4.78 is 24.2. The van der Waals surface area contributed by atoms with Crippen LogP contribution in [-0.2, 0) is 6.54 Å². The minimum Gasteiger partial charge on any atom is -0.497 e. The van der Waals surface area contributed by atoms with Gasteiger partial charge in [-0.15, -0.1) is 0 Å². The lowest BCUT2D eigenvalue weighted by Gasteiger charge is -2.15. The van der Waals surface area contributed by atoms with E-state index in [-0.39, 0.29) is 0 Å². The predicted octanol–water partition coefficient (Wildman–Crippen LogP) is 4.79. The molecule has 0 radical (unpaired) electrons. The molecule has 6 nitrogen and oxygen atoms in total. The third-order valence-electron chi connectivity index (χ3n) is 5.06. The molecule has 0 aliphatic heterocycles. The molecule has 0 aliphatic rings. The molecule has 0 N–H and O–H groups in total. The molecule has 0 atom stereocenters. The fourth-order valence-electron chi connectivity index (χ4n) is 3.59. The summed E-state index contributed by atoms with van der Waals surface area (Å²) >= 11 is 0. The fraction of sp³-hybridized carbons (Fsp3) is 0.208. The maximum atomic E-state index is 5.55. The van der Waals surface area contributed by atoms with Crippen molar-refractivity contribution in [2.24, 2.45) is 0 Å². The highest BCUT2D eigenvalue weighted by Crippen LogP contribution is 2.41. The second-order valence-electron chi connectivity index (χ2n) is 6.78. The molecule has 0 spiro atoms. The van der Waals surface area contributed by atoms with Crippen LogP contribution in [0.25, 0.3) is 22.4 Å². The van der Waals surface area contributed by atoms with E-state index in [4.69, 9.17) is 23.9 Å². The van der Waals surface area contributed by atoms with E-state index in [2.05, 4.69) is 16.7 Å². The smallest absolute Gasteiger partial charge is 0.203 e. The van der Waals surface area contributed by atoms with Crippen molar-refractivity contribution >= 4 is 11.0 Å². The molecule has 0 amide bonds. The predicted molar refractivity (Wildman–Crippen MR) is 117 cm³/mol. The van der Waals surface area contributed by atoms with Gasteiger partial charge in [-0.3, -0.25) is 0 Å². The van der Waals surface area contributed by atoms with E-state index >= 15 is 0 Å². The third kappa shape index (κ3) is 3.52. The number of aromatic nitrogens is 2. The van der Waals surface area contributed by atoms with Gasteiger partial charge in [-0.05, 0) is 29.8 Å². The molecule has 4 rings (SSSR count). The first-order valence-corrected chi connectivity index (χ1v) is 9.57. The molecule has 0 saturated heterocycles. The minimum atomic E-state index is 0.552. The molecule has 1 heterocycles. The lowest BCUT2D eigenvalue weighted by atomic mass is 10.1. The molecule has 30 heavy (non-hydrogen) atoms. The Balaban J connectivity index is 1.95. The first-order chi connectivity index (χ1) is 14.7. The maximum Gasteiger partial charge on any atom is 0.203 e. The summed E-state index contributed by atoms with van der Waals surface area (Å²) in [6, 6.07) is 20.0. The number of rotatable bonds is 7. The van der Waals surface area contributed by atoms with Crippen LogP contribution in [0.4, 0.5) is 0 Å². The van der Waals surface area contributed by atoms with E-state index in [0.29, 0.717) is 23.8 Å². The van der Waals surface area contributed by atoms with Crippen molar-refractivity contribution < 1.29 is 18.9 Å². The van der Waals surface area contributed by atoms with Gasteiger partial charge in [0, 0.05) is 18.2 Å². The van der Waals surface area contributed by atoms with Crippen LogP contribution in [0.2, 0.25) is 0 Å². The monoisotopic (exact) mass is 404 g/mol. The largest absolute Gasteiger partial charge is 0.497 e. The lowest BCUT2D eigenvalue weighted by molar-refractivity contribution is 0.324. The van der Waals surface area contributed by atoms with E-state index in [0.717, 1.165) is 28.2 Å². The van der Waals surface area contributed by atoms with Crippen molar-refractivity contribution in [1.82, 2.24) is 9.55 Å². The summed E-state index contributed by atoms with van der Waals surface area (Å²) in [5.41, 5.74) is 3.92. The Hall–Kier alpha value is -3.67. The molecule has 4 aromatic rings. The summed E-state index contributed by atoms with van der Waals surface area (Å²) in [6.07, 6.45) is 0. The minimum absolute atomic E-state index is 0.552. The van der Waals surface area contributed by atoms with Crippen LogP contribution >= 0.6 is 0 Å². The zero-order valence-electron chi connectivity index (χ0n) is 17.5. The second-order valence-corrected chi connectivity index (χ2v) is 6.78. The van der Waals surface area contributed by atoms with Crippen molar-refractivity contribution in [3.8, 4) is 34.4 Å². The van der Waals surface area contributed by atoms with E-state index < -0.39 is 0 Å². The van der Waals surface area contributed by atoms with Crippen LogP contribution in [0.15, 0.2) is 60.7 Å². The Bertz CT molecular complexity index is 1140. The summed E-state index contributed by atoms with van der Waals surface area (Å²) in [6.45, 7) is 0.663. The molecule has 0 saturated carbocycles. The molecule has 6 heteroatoms. The Kier molecular flexibility index (Phi) is 5.48. The molecule has 1 aromatic heterocycles. The van der Waals surface area contributed by atoms with E-state index in [1.54, 1.807) is 28.4 Å². The molecular weight excluding hydrogens is 380 g/mol. The standard InChI is InChI=1S/C24H24N2O4/c1-27-18-10-11-19-20(14-18)26(15-16-8-6-5-7-9-16)24(25-19)17-12-21(28-2)23(30-4)22(13-17)29-3/h5-14H,15H2,1-4H3. The zero-order chi connectivity index (χ0) is 21.1. The Labute approximate surface area is 175 Å². The van der Waals surface area contributed by atoms with E-state index in [1.807, 2.05) is 48.5 Å². The van der Waals surface area contributed by atoms with Crippen molar-refractivity contribution in [3.63, 3.8) is 0 Å². The van der Waals surface area contributed by atoms with Crippen LogP contribution in [0.1, 0.15) is 5.56 Å². The van der Waals surface area contributed by atoms with Crippen molar-refractivity contribution in [3.05, 3.63) is 66.2 Å². The topological polar surface area (TPSA) is 54.7 Å². The van der Waals surface area contributed by atoms with E-state index in [1.165, 1.54) is 5.56 Å². The van der Waals surface area contributed by atoms with Gasteiger partial charge in [-0.1, -0.05) is 30.3 Å². The molecule has 0 bridgehead atoms. The average molecular weight is 404 g/mol. The molecular formula is C24H24N2O4. The molecule has 3 aromatic carbocycles. The summed E-state index contributed by atoms with van der Waals surface area (Å²) in [4.78, 5) is 4.92. The van der Waals surface area contributed by atoms with Gasteiger partial charge in [0.1, 0.15) is 11.6 Å². The first-order valence-electron chi connectivity index (χ1n) is 9.57. The van der Waals surface area contributed by atoms with Gasteiger partial charge in [0.15, 0.2) is 11.5 Å². The maximum absolute atomic E-state index is 5.55. The number of hydrogen-bond donors (Lipinski definition) is 0. The van der Waals surface area contributed by atoms with Gasteiger partial charge in [0.25, 0.3) is 0 Å². The van der Waals surface area contributed by atoms with Crippen LogP contribution in [0, 0.1) is 0 Å². The summed E-state index contributed by atoms with van der Waals surface area (Å²) in [5, 5.41) is 0. The fourth-order valence-corrected chi connectivity index (χ4v) is 3.59. The number of fused-ring (bicyclic) bond motifs is 1.